The van der Waals surface area contributed by atoms with Crippen LogP contribution in [0, 0.1) is 0 Å². The first-order valence-electron chi connectivity index (χ1n) is 6.08. The second-order valence-electron chi connectivity index (χ2n) is 3.85. The van der Waals surface area contributed by atoms with Gasteiger partial charge in [-0.3, -0.25) is 0 Å². The number of benzene rings is 1. The van der Waals surface area contributed by atoms with E-state index in [1.165, 1.54) is 6.26 Å². The van der Waals surface area contributed by atoms with Crippen LogP contribution in [0.5, 0.6) is 5.75 Å². The molecular weight excluding hydrogens is 232 g/mol. The predicted octanol–water partition coefficient (Wildman–Crippen LogP) is 3.40. The maximum atomic E-state index is 11.7. The molecule has 0 amide bonds. The largest absolute Gasteiger partial charge is 0.490 e. The number of ether oxygens (including phenoxy) is 2. The van der Waals surface area contributed by atoms with Crippen LogP contribution in [0.1, 0.15) is 30.6 Å². The normalized spacial score (nSPS) is 10.6. The topological polar surface area (TPSA) is 48.7 Å². The van der Waals surface area contributed by atoms with E-state index in [4.69, 9.17) is 13.9 Å². The summed E-state index contributed by atoms with van der Waals surface area (Å²) in [4.78, 5) is 11.7. The van der Waals surface area contributed by atoms with E-state index < -0.39 is 0 Å². The molecule has 0 radical (unpaired) electrons. The molecule has 0 unspecified atom stereocenters. The van der Waals surface area contributed by atoms with E-state index in [1.807, 2.05) is 25.1 Å². The third-order valence-electron chi connectivity index (χ3n) is 2.52. The highest BCUT2D eigenvalue weighted by Gasteiger charge is 2.17. The van der Waals surface area contributed by atoms with Crippen LogP contribution in [0.25, 0.3) is 11.0 Å². The molecule has 0 aliphatic carbocycles. The Labute approximate surface area is 105 Å². The van der Waals surface area contributed by atoms with Crippen molar-refractivity contribution in [2.24, 2.45) is 0 Å². The van der Waals surface area contributed by atoms with Gasteiger partial charge in [0.2, 0.25) is 0 Å². The first-order valence-corrected chi connectivity index (χ1v) is 6.08. The van der Waals surface area contributed by atoms with Gasteiger partial charge in [0.1, 0.15) is 11.8 Å². The lowest BCUT2D eigenvalue weighted by atomic mass is 10.1. The molecule has 0 spiro atoms. The number of carbonyl (C=O) groups excluding carboxylic acids is 1. The van der Waals surface area contributed by atoms with Crippen LogP contribution in [-0.2, 0) is 4.74 Å². The summed E-state index contributed by atoms with van der Waals surface area (Å²) in [5.41, 5.74) is 1.03. The quantitative estimate of drug-likeness (QED) is 0.761. The molecule has 0 aliphatic rings. The third-order valence-corrected chi connectivity index (χ3v) is 2.52. The highest BCUT2D eigenvalue weighted by atomic mass is 16.5. The van der Waals surface area contributed by atoms with Gasteiger partial charge < -0.3 is 13.9 Å². The summed E-state index contributed by atoms with van der Waals surface area (Å²) >= 11 is 0. The fourth-order valence-electron chi connectivity index (χ4n) is 1.72. The minimum absolute atomic E-state index is 0.345. The zero-order valence-corrected chi connectivity index (χ0v) is 10.6. The van der Waals surface area contributed by atoms with Crippen LogP contribution in [-0.4, -0.2) is 19.2 Å². The van der Waals surface area contributed by atoms with Crippen LogP contribution in [0.2, 0.25) is 0 Å². The number of fused-ring (bicyclic) bond motifs is 1. The lowest BCUT2D eigenvalue weighted by Gasteiger charge is -2.04. The summed E-state index contributed by atoms with van der Waals surface area (Å²) < 4.78 is 16.0. The van der Waals surface area contributed by atoms with E-state index in [2.05, 4.69) is 0 Å². The molecule has 2 aromatic rings. The Morgan fingerprint density at radius 3 is 2.89 bits per heavy atom. The van der Waals surface area contributed by atoms with Gasteiger partial charge in [0, 0.05) is 5.39 Å². The Bertz CT molecular complexity index is 542. The highest BCUT2D eigenvalue weighted by Crippen LogP contribution is 2.30. The monoisotopic (exact) mass is 248 g/mol. The van der Waals surface area contributed by atoms with E-state index in [0.29, 0.717) is 30.1 Å². The third kappa shape index (κ3) is 2.32. The molecule has 0 N–H and O–H groups in total. The molecule has 1 aromatic heterocycles. The molecule has 0 atom stereocenters. The number of carbonyl (C=O) groups is 1. The average molecular weight is 248 g/mol. The Morgan fingerprint density at radius 2 is 2.17 bits per heavy atom. The number of rotatable bonds is 5. The second kappa shape index (κ2) is 5.58. The van der Waals surface area contributed by atoms with Gasteiger partial charge in [-0.25, -0.2) is 4.79 Å². The molecule has 1 aromatic carbocycles. The summed E-state index contributed by atoms with van der Waals surface area (Å²) in [5, 5.41) is 0.724. The maximum absolute atomic E-state index is 11.7. The number of para-hydroxylation sites is 1. The standard InChI is InChI=1S/C14H16O4/c1-3-8-17-12-7-5-6-10-11(9-18-13(10)12)14(15)16-4-2/h5-7,9H,3-4,8H2,1-2H3. The highest BCUT2D eigenvalue weighted by molar-refractivity contribution is 6.04. The molecule has 0 aliphatic heterocycles. The minimum atomic E-state index is -0.371. The molecule has 18 heavy (non-hydrogen) atoms. The van der Waals surface area contributed by atoms with Crippen LogP contribution >= 0.6 is 0 Å². The molecule has 96 valence electrons. The van der Waals surface area contributed by atoms with Gasteiger partial charge >= 0.3 is 5.97 Å². The fourth-order valence-corrected chi connectivity index (χ4v) is 1.72. The van der Waals surface area contributed by atoms with E-state index in [1.54, 1.807) is 6.92 Å². The number of hydrogen-bond acceptors (Lipinski definition) is 4. The molecule has 2 rings (SSSR count). The molecule has 0 fully saturated rings. The van der Waals surface area contributed by atoms with E-state index >= 15 is 0 Å². The van der Waals surface area contributed by atoms with Crippen LogP contribution in [0.3, 0.4) is 0 Å². The number of hydrogen-bond donors (Lipinski definition) is 0. The Balaban J connectivity index is 2.38. The van der Waals surface area contributed by atoms with Gasteiger partial charge in [-0.1, -0.05) is 13.0 Å². The van der Waals surface area contributed by atoms with Crippen molar-refractivity contribution in [3.8, 4) is 5.75 Å². The van der Waals surface area contributed by atoms with Gasteiger partial charge in [-0.15, -0.1) is 0 Å². The van der Waals surface area contributed by atoms with Gasteiger partial charge in [0.15, 0.2) is 11.3 Å². The average Bonchev–Trinajstić information content (AvgIpc) is 2.81. The minimum Gasteiger partial charge on any atom is -0.490 e. The van der Waals surface area contributed by atoms with Crippen molar-refractivity contribution in [3.05, 3.63) is 30.0 Å². The summed E-state index contributed by atoms with van der Waals surface area (Å²) in [7, 11) is 0. The summed E-state index contributed by atoms with van der Waals surface area (Å²) in [5.74, 6) is 0.286. The van der Waals surface area contributed by atoms with Crippen LogP contribution < -0.4 is 4.74 Å². The fraction of sp³-hybridized carbons (Fsp3) is 0.357. The van der Waals surface area contributed by atoms with Crippen molar-refractivity contribution >= 4 is 16.9 Å². The van der Waals surface area contributed by atoms with Gasteiger partial charge in [0.25, 0.3) is 0 Å². The molecule has 0 saturated carbocycles. The molecule has 4 heteroatoms. The smallest absolute Gasteiger partial charge is 0.342 e. The zero-order valence-electron chi connectivity index (χ0n) is 10.6. The van der Waals surface area contributed by atoms with Crippen molar-refractivity contribution in [1.29, 1.82) is 0 Å². The summed E-state index contributed by atoms with van der Waals surface area (Å²) in [6.45, 7) is 4.77. The lowest BCUT2D eigenvalue weighted by molar-refractivity contribution is 0.0527. The Morgan fingerprint density at radius 1 is 1.33 bits per heavy atom. The number of esters is 1. The van der Waals surface area contributed by atoms with Gasteiger partial charge in [-0.05, 0) is 25.5 Å². The van der Waals surface area contributed by atoms with Crippen molar-refractivity contribution in [2.75, 3.05) is 13.2 Å². The van der Waals surface area contributed by atoms with E-state index in [9.17, 15) is 4.79 Å². The SMILES string of the molecule is CCCOc1cccc2c(C(=O)OCC)coc12. The maximum Gasteiger partial charge on any atom is 0.342 e. The molecule has 0 bridgehead atoms. The van der Waals surface area contributed by atoms with Crippen LogP contribution in [0.15, 0.2) is 28.9 Å². The Kier molecular flexibility index (Phi) is 3.87. The lowest BCUT2D eigenvalue weighted by Crippen LogP contribution is -2.03. The van der Waals surface area contributed by atoms with Gasteiger partial charge in [0.05, 0.1) is 13.2 Å². The van der Waals surface area contributed by atoms with Crippen molar-refractivity contribution in [3.63, 3.8) is 0 Å². The molecule has 0 saturated heterocycles. The van der Waals surface area contributed by atoms with Crippen molar-refractivity contribution in [2.45, 2.75) is 20.3 Å². The van der Waals surface area contributed by atoms with Crippen LogP contribution in [0.4, 0.5) is 0 Å². The molecule has 4 nitrogen and oxygen atoms in total. The zero-order chi connectivity index (χ0) is 13.0. The molecular formula is C14H16O4. The van der Waals surface area contributed by atoms with Crippen molar-refractivity contribution in [1.82, 2.24) is 0 Å². The van der Waals surface area contributed by atoms with Crippen molar-refractivity contribution < 1.29 is 18.7 Å². The first kappa shape index (κ1) is 12.5. The Hall–Kier alpha value is -1.97. The van der Waals surface area contributed by atoms with E-state index in [-0.39, 0.29) is 5.97 Å². The van der Waals surface area contributed by atoms with E-state index in [0.717, 1.165) is 11.8 Å². The van der Waals surface area contributed by atoms with Gasteiger partial charge in [-0.2, -0.15) is 0 Å². The second-order valence-corrected chi connectivity index (χ2v) is 3.85. The summed E-state index contributed by atoms with van der Waals surface area (Å²) in [6, 6.07) is 5.49. The molecule has 1 heterocycles. The number of furan rings is 1. The predicted molar refractivity (Wildman–Crippen MR) is 68.0 cm³/mol. The summed E-state index contributed by atoms with van der Waals surface area (Å²) in [6.07, 6.45) is 2.34. The first-order chi connectivity index (χ1) is 8.77.